The lowest BCUT2D eigenvalue weighted by Crippen LogP contribution is -2.30. The van der Waals surface area contributed by atoms with Crippen molar-refractivity contribution in [1.29, 1.82) is 0 Å². The Labute approximate surface area is 130 Å². The fourth-order valence-corrected chi connectivity index (χ4v) is 3.34. The van der Waals surface area contributed by atoms with E-state index >= 15 is 0 Å². The van der Waals surface area contributed by atoms with Gasteiger partial charge in [-0.1, -0.05) is 23.7 Å². The molecule has 0 amide bonds. The van der Waals surface area contributed by atoms with Crippen LogP contribution in [0.2, 0.25) is 5.02 Å². The minimum Gasteiger partial charge on any atom is -0.370 e. The molecule has 0 radical (unpaired) electrons. The van der Waals surface area contributed by atoms with Crippen molar-refractivity contribution in [2.24, 2.45) is 5.73 Å². The van der Waals surface area contributed by atoms with E-state index in [2.05, 4.69) is 48.5 Å². The van der Waals surface area contributed by atoms with Gasteiger partial charge in [0.15, 0.2) is 0 Å². The van der Waals surface area contributed by atoms with Crippen LogP contribution in [0.15, 0.2) is 35.7 Å². The zero-order valence-electron chi connectivity index (χ0n) is 12.1. The standard InChI is InChI=1S/C16H21ClN2S/c1-11(9-14-5-4-8-20-14)19(3)16-7-6-13(12(2)18)10-15(16)17/h4-8,10-12H,9,18H2,1-3H3. The molecule has 1 heterocycles. The molecule has 4 heteroatoms. The lowest BCUT2D eigenvalue weighted by atomic mass is 10.1. The van der Waals surface area contributed by atoms with Gasteiger partial charge in [0.05, 0.1) is 10.7 Å². The summed E-state index contributed by atoms with van der Waals surface area (Å²) in [6.45, 7) is 4.18. The lowest BCUT2D eigenvalue weighted by molar-refractivity contribution is 0.688. The van der Waals surface area contributed by atoms with Crippen molar-refractivity contribution in [3.05, 3.63) is 51.2 Å². The normalized spacial score (nSPS) is 14.1. The number of thiophene rings is 1. The molecule has 2 rings (SSSR count). The number of hydrogen-bond acceptors (Lipinski definition) is 3. The molecule has 2 nitrogen and oxygen atoms in total. The molecule has 0 saturated heterocycles. The van der Waals surface area contributed by atoms with Crippen molar-refractivity contribution in [1.82, 2.24) is 0 Å². The Morgan fingerprint density at radius 2 is 2.05 bits per heavy atom. The van der Waals surface area contributed by atoms with Crippen LogP contribution in [0.4, 0.5) is 5.69 Å². The van der Waals surface area contributed by atoms with Crippen LogP contribution in [0.3, 0.4) is 0 Å². The summed E-state index contributed by atoms with van der Waals surface area (Å²) in [7, 11) is 2.09. The molecule has 0 aliphatic heterocycles. The molecule has 1 aromatic carbocycles. The second kappa shape index (κ2) is 6.61. The SMILES string of the molecule is CC(N)c1ccc(N(C)C(C)Cc2cccs2)c(Cl)c1. The Hall–Kier alpha value is -1.03. The predicted molar refractivity (Wildman–Crippen MR) is 89.9 cm³/mol. The van der Waals surface area contributed by atoms with E-state index in [9.17, 15) is 0 Å². The summed E-state index contributed by atoms with van der Waals surface area (Å²) < 4.78 is 0. The summed E-state index contributed by atoms with van der Waals surface area (Å²) >= 11 is 8.20. The molecule has 2 atom stereocenters. The zero-order valence-corrected chi connectivity index (χ0v) is 13.7. The first-order chi connectivity index (χ1) is 9.49. The van der Waals surface area contributed by atoms with Crippen molar-refractivity contribution in [3.63, 3.8) is 0 Å². The summed E-state index contributed by atoms with van der Waals surface area (Å²) in [5, 5.41) is 2.88. The molecule has 0 spiro atoms. The van der Waals surface area contributed by atoms with E-state index in [-0.39, 0.29) is 6.04 Å². The number of halogens is 1. The van der Waals surface area contributed by atoms with Gasteiger partial charge in [-0.05, 0) is 43.0 Å². The number of anilines is 1. The number of hydrogen-bond donors (Lipinski definition) is 1. The topological polar surface area (TPSA) is 29.3 Å². The minimum absolute atomic E-state index is 0.00963. The van der Waals surface area contributed by atoms with Gasteiger partial charge in [-0.2, -0.15) is 0 Å². The van der Waals surface area contributed by atoms with Crippen LogP contribution in [0.25, 0.3) is 0 Å². The minimum atomic E-state index is 0.00963. The maximum absolute atomic E-state index is 6.40. The summed E-state index contributed by atoms with van der Waals surface area (Å²) in [5.74, 6) is 0. The van der Waals surface area contributed by atoms with Crippen LogP contribution in [0.1, 0.15) is 30.3 Å². The van der Waals surface area contributed by atoms with Gasteiger partial charge in [0, 0.05) is 30.4 Å². The Bertz CT molecular complexity index is 552. The monoisotopic (exact) mass is 308 g/mol. The van der Waals surface area contributed by atoms with Crippen LogP contribution in [0.5, 0.6) is 0 Å². The molecule has 108 valence electrons. The molecule has 0 saturated carbocycles. The van der Waals surface area contributed by atoms with E-state index in [0.717, 1.165) is 22.7 Å². The summed E-state index contributed by atoms with van der Waals surface area (Å²) in [6.07, 6.45) is 1.03. The van der Waals surface area contributed by atoms with Crippen molar-refractivity contribution in [2.45, 2.75) is 32.4 Å². The van der Waals surface area contributed by atoms with Crippen LogP contribution in [-0.4, -0.2) is 13.1 Å². The number of benzene rings is 1. The van der Waals surface area contributed by atoms with E-state index in [1.807, 2.05) is 13.0 Å². The highest BCUT2D eigenvalue weighted by Crippen LogP contribution is 2.29. The third kappa shape index (κ3) is 3.54. The van der Waals surface area contributed by atoms with Crippen molar-refractivity contribution >= 4 is 28.6 Å². The first-order valence-corrected chi connectivity index (χ1v) is 8.05. The smallest absolute Gasteiger partial charge is 0.0642 e. The Balaban J connectivity index is 2.14. The fourth-order valence-electron chi connectivity index (χ4n) is 2.19. The molecule has 2 N–H and O–H groups in total. The average Bonchev–Trinajstić information content (AvgIpc) is 2.90. The fraction of sp³-hybridized carbons (Fsp3) is 0.375. The van der Waals surface area contributed by atoms with Gasteiger partial charge in [0.25, 0.3) is 0 Å². The van der Waals surface area contributed by atoms with E-state index in [1.165, 1.54) is 4.88 Å². The van der Waals surface area contributed by atoms with Crippen molar-refractivity contribution in [2.75, 3.05) is 11.9 Å². The number of rotatable bonds is 5. The molecule has 0 bridgehead atoms. The first kappa shape index (κ1) is 15.4. The molecular formula is C16H21ClN2S. The molecular weight excluding hydrogens is 288 g/mol. The summed E-state index contributed by atoms with van der Waals surface area (Å²) in [5.41, 5.74) is 8.01. The third-order valence-corrected chi connectivity index (χ3v) is 4.82. The van der Waals surface area contributed by atoms with Gasteiger partial charge in [0.2, 0.25) is 0 Å². The highest BCUT2D eigenvalue weighted by atomic mass is 35.5. The quantitative estimate of drug-likeness (QED) is 0.882. The lowest BCUT2D eigenvalue weighted by Gasteiger charge is -2.28. The summed E-state index contributed by atoms with van der Waals surface area (Å²) in [6, 6.07) is 10.8. The Kier molecular flexibility index (Phi) is 5.08. The molecule has 1 aromatic heterocycles. The van der Waals surface area contributed by atoms with Crippen LogP contribution < -0.4 is 10.6 Å². The van der Waals surface area contributed by atoms with E-state index in [4.69, 9.17) is 17.3 Å². The van der Waals surface area contributed by atoms with Crippen LogP contribution >= 0.6 is 22.9 Å². The maximum Gasteiger partial charge on any atom is 0.0642 e. The molecule has 0 fully saturated rings. The van der Waals surface area contributed by atoms with Gasteiger partial charge >= 0.3 is 0 Å². The van der Waals surface area contributed by atoms with Gasteiger partial charge in [-0.25, -0.2) is 0 Å². The first-order valence-electron chi connectivity index (χ1n) is 6.79. The van der Waals surface area contributed by atoms with Crippen LogP contribution in [0, 0.1) is 0 Å². The molecule has 2 aromatic rings. The molecule has 2 unspecified atom stereocenters. The van der Waals surface area contributed by atoms with Crippen molar-refractivity contribution in [3.8, 4) is 0 Å². The highest BCUT2D eigenvalue weighted by Gasteiger charge is 2.15. The van der Waals surface area contributed by atoms with Gasteiger partial charge < -0.3 is 10.6 Å². The third-order valence-electron chi connectivity index (χ3n) is 3.62. The Morgan fingerprint density at radius 3 is 2.60 bits per heavy atom. The van der Waals surface area contributed by atoms with E-state index in [0.29, 0.717) is 6.04 Å². The van der Waals surface area contributed by atoms with Crippen molar-refractivity contribution < 1.29 is 0 Å². The van der Waals surface area contributed by atoms with Gasteiger partial charge in [-0.15, -0.1) is 11.3 Å². The largest absolute Gasteiger partial charge is 0.370 e. The second-order valence-corrected chi connectivity index (χ2v) is 6.68. The highest BCUT2D eigenvalue weighted by molar-refractivity contribution is 7.09. The summed E-state index contributed by atoms with van der Waals surface area (Å²) in [4.78, 5) is 3.63. The predicted octanol–water partition coefficient (Wildman–Crippen LogP) is 4.49. The zero-order chi connectivity index (χ0) is 14.7. The van der Waals surface area contributed by atoms with E-state index < -0.39 is 0 Å². The Morgan fingerprint density at radius 1 is 1.30 bits per heavy atom. The molecule has 0 aliphatic carbocycles. The number of nitrogens with two attached hydrogens (primary N) is 1. The van der Waals surface area contributed by atoms with Gasteiger partial charge in [0.1, 0.15) is 0 Å². The number of nitrogens with zero attached hydrogens (tertiary/aromatic N) is 1. The molecule has 0 aliphatic rings. The maximum atomic E-state index is 6.40. The van der Waals surface area contributed by atoms with Gasteiger partial charge in [-0.3, -0.25) is 0 Å². The average molecular weight is 309 g/mol. The molecule has 20 heavy (non-hydrogen) atoms. The van der Waals surface area contributed by atoms with Crippen LogP contribution in [-0.2, 0) is 6.42 Å². The second-order valence-electron chi connectivity index (χ2n) is 5.24. The number of likely N-dealkylation sites (N-methyl/N-ethyl adjacent to an activating group) is 1. The van der Waals surface area contributed by atoms with E-state index in [1.54, 1.807) is 11.3 Å².